The van der Waals surface area contributed by atoms with Crippen molar-refractivity contribution in [3.05, 3.63) is 11.8 Å². The van der Waals surface area contributed by atoms with Crippen molar-refractivity contribution in [3.8, 4) is 0 Å². The van der Waals surface area contributed by atoms with Crippen LogP contribution >= 0.6 is 11.6 Å². The minimum atomic E-state index is 0.514. The van der Waals surface area contributed by atoms with Gasteiger partial charge < -0.3 is 9.15 Å². The van der Waals surface area contributed by atoms with Gasteiger partial charge in [0.15, 0.2) is 0 Å². The monoisotopic (exact) mass is 204 g/mol. The van der Waals surface area contributed by atoms with Crippen LogP contribution in [0.3, 0.4) is 0 Å². The van der Waals surface area contributed by atoms with Gasteiger partial charge in [-0.15, -0.1) is 21.8 Å². The number of hydrogen-bond donors (Lipinski definition) is 0. The summed E-state index contributed by atoms with van der Waals surface area (Å²) in [6.45, 7) is 0.715. The third-order valence-corrected chi connectivity index (χ3v) is 1.75. The van der Waals surface area contributed by atoms with Crippen molar-refractivity contribution in [3.63, 3.8) is 0 Å². The maximum absolute atomic E-state index is 5.52. The van der Waals surface area contributed by atoms with Crippen LogP contribution < -0.4 is 0 Å². The van der Waals surface area contributed by atoms with Crippen molar-refractivity contribution in [1.29, 1.82) is 0 Å². The number of nitrogens with zero attached hydrogens (tertiary/aromatic N) is 2. The number of ether oxygens (including phenoxy) is 1. The van der Waals surface area contributed by atoms with E-state index in [4.69, 9.17) is 20.8 Å². The number of aryl methyl sites for hydroxylation is 2. The molecule has 0 unspecified atom stereocenters. The van der Waals surface area contributed by atoms with Gasteiger partial charge in [0.25, 0.3) is 0 Å². The van der Waals surface area contributed by atoms with Gasteiger partial charge in [-0.3, -0.25) is 0 Å². The molecule has 1 heterocycles. The average Bonchev–Trinajstić information content (AvgIpc) is 2.54. The van der Waals surface area contributed by atoms with E-state index in [1.807, 2.05) is 0 Å². The first-order chi connectivity index (χ1) is 6.36. The largest absolute Gasteiger partial charge is 0.425 e. The Morgan fingerprint density at radius 3 is 2.62 bits per heavy atom. The summed E-state index contributed by atoms with van der Waals surface area (Å²) in [5.74, 6) is 1.79. The van der Waals surface area contributed by atoms with E-state index in [1.165, 1.54) is 0 Å². The van der Waals surface area contributed by atoms with Crippen LogP contribution in [0.2, 0.25) is 0 Å². The summed E-state index contributed by atoms with van der Waals surface area (Å²) in [5, 5.41) is 7.72. The Kier molecular flexibility index (Phi) is 4.78. The molecule has 0 aliphatic heterocycles. The molecular formula is C8H13ClN2O2. The molecule has 1 rings (SSSR count). The average molecular weight is 205 g/mol. The van der Waals surface area contributed by atoms with Crippen LogP contribution in [0.1, 0.15) is 18.2 Å². The molecule has 5 heteroatoms. The molecule has 0 N–H and O–H groups in total. The summed E-state index contributed by atoms with van der Waals surface area (Å²) in [7, 11) is 1.67. The van der Waals surface area contributed by atoms with Crippen LogP contribution in [0.5, 0.6) is 0 Å². The number of halogens is 1. The Morgan fingerprint density at radius 2 is 2.00 bits per heavy atom. The van der Waals surface area contributed by atoms with E-state index in [-0.39, 0.29) is 0 Å². The van der Waals surface area contributed by atoms with Gasteiger partial charge >= 0.3 is 0 Å². The van der Waals surface area contributed by atoms with Gasteiger partial charge in [0.05, 0.1) is 0 Å². The zero-order valence-electron chi connectivity index (χ0n) is 7.62. The second-order valence-electron chi connectivity index (χ2n) is 2.62. The minimum absolute atomic E-state index is 0.514. The molecule has 0 aromatic carbocycles. The Bertz CT molecular complexity index is 240. The van der Waals surface area contributed by atoms with Crippen LogP contribution in [-0.2, 0) is 17.6 Å². The molecular weight excluding hydrogens is 192 g/mol. The lowest BCUT2D eigenvalue weighted by molar-refractivity contribution is 0.192. The number of aromatic nitrogens is 2. The van der Waals surface area contributed by atoms with Crippen LogP contribution in [0.25, 0.3) is 0 Å². The Hall–Kier alpha value is -0.610. The van der Waals surface area contributed by atoms with E-state index in [0.717, 1.165) is 12.8 Å². The predicted octanol–water partition coefficient (Wildman–Crippen LogP) is 1.43. The van der Waals surface area contributed by atoms with Gasteiger partial charge in [-0.2, -0.15) is 0 Å². The van der Waals surface area contributed by atoms with Gasteiger partial charge in [0.1, 0.15) is 0 Å². The lowest BCUT2D eigenvalue weighted by Crippen LogP contribution is -1.92. The van der Waals surface area contributed by atoms with E-state index in [0.29, 0.717) is 30.7 Å². The molecule has 0 fully saturated rings. The fraction of sp³-hybridized carbons (Fsp3) is 0.750. The quantitative estimate of drug-likeness (QED) is 0.520. The number of hydrogen-bond acceptors (Lipinski definition) is 4. The number of rotatable bonds is 6. The van der Waals surface area contributed by atoms with Crippen molar-refractivity contribution in [2.24, 2.45) is 0 Å². The molecule has 0 aliphatic carbocycles. The zero-order chi connectivity index (χ0) is 9.52. The standard InChI is InChI=1S/C8H13ClN2O2/c1-12-6-2-3-7-10-11-8(13-7)4-5-9/h2-6H2,1H3. The highest BCUT2D eigenvalue weighted by atomic mass is 35.5. The predicted molar refractivity (Wildman–Crippen MR) is 48.9 cm³/mol. The van der Waals surface area contributed by atoms with E-state index in [9.17, 15) is 0 Å². The van der Waals surface area contributed by atoms with Gasteiger partial charge in [-0.25, -0.2) is 0 Å². The zero-order valence-corrected chi connectivity index (χ0v) is 8.38. The molecule has 13 heavy (non-hydrogen) atoms. The van der Waals surface area contributed by atoms with Gasteiger partial charge in [-0.1, -0.05) is 0 Å². The Labute approximate surface area is 82.2 Å². The lowest BCUT2D eigenvalue weighted by atomic mass is 10.3. The maximum Gasteiger partial charge on any atom is 0.217 e. The molecule has 0 bridgehead atoms. The molecule has 1 aromatic heterocycles. The summed E-state index contributed by atoms with van der Waals surface area (Å²) in [4.78, 5) is 0. The molecule has 0 spiro atoms. The van der Waals surface area contributed by atoms with Crippen molar-refractivity contribution in [2.75, 3.05) is 19.6 Å². The summed E-state index contributed by atoms with van der Waals surface area (Å²) in [5.41, 5.74) is 0. The number of methoxy groups -OCH3 is 1. The highest BCUT2D eigenvalue weighted by Gasteiger charge is 2.04. The maximum atomic E-state index is 5.52. The topological polar surface area (TPSA) is 48.2 Å². The fourth-order valence-electron chi connectivity index (χ4n) is 0.939. The SMILES string of the molecule is COCCCc1nnc(CCCl)o1. The molecule has 0 saturated heterocycles. The fourth-order valence-corrected chi connectivity index (χ4v) is 1.10. The summed E-state index contributed by atoms with van der Waals surface area (Å²) in [6, 6.07) is 0. The van der Waals surface area contributed by atoms with Crippen LogP contribution in [0, 0.1) is 0 Å². The van der Waals surface area contributed by atoms with Crippen LogP contribution in [-0.4, -0.2) is 29.8 Å². The van der Waals surface area contributed by atoms with E-state index < -0.39 is 0 Å². The first-order valence-electron chi connectivity index (χ1n) is 4.23. The highest BCUT2D eigenvalue weighted by molar-refractivity contribution is 6.17. The third kappa shape index (κ3) is 3.74. The third-order valence-electron chi connectivity index (χ3n) is 1.56. The second kappa shape index (κ2) is 5.94. The lowest BCUT2D eigenvalue weighted by Gasteiger charge is -1.93. The first kappa shape index (κ1) is 10.5. The van der Waals surface area contributed by atoms with Crippen molar-refractivity contribution < 1.29 is 9.15 Å². The van der Waals surface area contributed by atoms with Gasteiger partial charge in [0, 0.05) is 32.4 Å². The van der Waals surface area contributed by atoms with E-state index in [2.05, 4.69) is 10.2 Å². The van der Waals surface area contributed by atoms with E-state index >= 15 is 0 Å². The molecule has 0 amide bonds. The molecule has 74 valence electrons. The van der Waals surface area contributed by atoms with Gasteiger partial charge in [-0.05, 0) is 6.42 Å². The molecule has 1 aromatic rings. The van der Waals surface area contributed by atoms with Crippen molar-refractivity contribution in [2.45, 2.75) is 19.3 Å². The van der Waals surface area contributed by atoms with Crippen molar-refractivity contribution in [1.82, 2.24) is 10.2 Å². The normalized spacial score (nSPS) is 10.6. The number of alkyl halides is 1. The molecule has 4 nitrogen and oxygen atoms in total. The molecule has 0 radical (unpaired) electrons. The second-order valence-corrected chi connectivity index (χ2v) is 3.00. The highest BCUT2D eigenvalue weighted by Crippen LogP contribution is 2.03. The first-order valence-corrected chi connectivity index (χ1v) is 4.76. The van der Waals surface area contributed by atoms with E-state index in [1.54, 1.807) is 7.11 Å². The smallest absolute Gasteiger partial charge is 0.217 e. The van der Waals surface area contributed by atoms with Crippen molar-refractivity contribution >= 4 is 11.6 Å². The van der Waals surface area contributed by atoms with Crippen LogP contribution in [0.4, 0.5) is 0 Å². The summed E-state index contributed by atoms with van der Waals surface area (Å²) >= 11 is 5.52. The van der Waals surface area contributed by atoms with Crippen LogP contribution in [0.15, 0.2) is 4.42 Å². The summed E-state index contributed by atoms with van der Waals surface area (Å²) < 4.78 is 10.2. The Balaban J connectivity index is 2.31. The molecule has 0 atom stereocenters. The molecule has 0 aliphatic rings. The summed E-state index contributed by atoms with van der Waals surface area (Å²) in [6.07, 6.45) is 2.31. The Morgan fingerprint density at radius 1 is 1.31 bits per heavy atom. The van der Waals surface area contributed by atoms with Gasteiger partial charge in [0.2, 0.25) is 11.8 Å². The molecule has 0 saturated carbocycles. The minimum Gasteiger partial charge on any atom is -0.425 e.